The van der Waals surface area contributed by atoms with Gasteiger partial charge >= 0.3 is 0 Å². The monoisotopic (exact) mass is 252 g/mol. The maximum atomic E-state index is 4.39. The Balaban J connectivity index is 2.16. The van der Waals surface area contributed by atoms with Crippen LogP contribution < -0.4 is 5.32 Å². The molecule has 0 spiro atoms. The van der Waals surface area contributed by atoms with E-state index in [2.05, 4.69) is 45.3 Å². The third-order valence-electron chi connectivity index (χ3n) is 2.34. The van der Waals surface area contributed by atoms with Gasteiger partial charge in [0.05, 0.1) is 0 Å². The molecule has 0 aliphatic carbocycles. The molecule has 1 N–H and O–H groups in total. The fourth-order valence-electron chi connectivity index (χ4n) is 1.56. The first kappa shape index (κ1) is 9.71. The van der Waals surface area contributed by atoms with E-state index in [0.717, 1.165) is 29.0 Å². The van der Waals surface area contributed by atoms with E-state index in [-0.39, 0.29) is 0 Å². The molecule has 14 heavy (non-hydrogen) atoms. The predicted molar refractivity (Wildman–Crippen MR) is 64.0 cm³/mol. The molecule has 0 amide bonds. The van der Waals surface area contributed by atoms with Gasteiger partial charge in [0.25, 0.3) is 0 Å². The van der Waals surface area contributed by atoms with Gasteiger partial charge < -0.3 is 5.32 Å². The van der Waals surface area contributed by atoms with E-state index >= 15 is 0 Å². The van der Waals surface area contributed by atoms with Crippen molar-refractivity contribution in [3.8, 4) is 0 Å². The average Bonchev–Trinajstić information content (AvgIpc) is 2.62. The van der Waals surface area contributed by atoms with Crippen LogP contribution >= 0.6 is 15.9 Å². The molecule has 0 unspecified atom stereocenters. The number of halogens is 1. The summed E-state index contributed by atoms with van der Waals surface area (Å²) in [4.78, 5) is 4.39. The Hall–Kier alpha value is -0.830. The summed E-state index contributed by atoms with van der Waals surface area (Å²) in [5.41, 5.74) is 2.41. The number of amidine groups is 1. The van der Waals surface area contributed by atoms with E-state index in [1.54, 1.807) is 0 Å². The van der Waals surface area contributed by atoms with Crippen molar-refractivity contribution in [3.63, 3.8) is 0 Å². The third kappa shape index (κ3) is 2.15. The van der Waals surface area contributed by atoms with Crippen LogP contribution in [-0.2, 0) is 0 Å². The Morgan fingerprint density at radius 3 is 2.93 bits per heavy atom. The first-order valence-corrected chi connectivity index (χ1v) is 5.61. The molecule has 1 aliphatic heterocycles. The molecule has 0 atom stereocenters. The van der Waals surface area contributed by atoms with Crippen LogP contribution in [0.1, 0.15) is 18.4 Å². The molecular weight excluding hydrogens is 240 g/mol. The maximum Gasteiger partial charge on any atom is 0.101 e. The third-order valence-corrected chi connectivity index (χ3v) is 2.84. The van der Waals surface area contributed by atoms with Crippen molar-refractivity contribution in [1.29, 1.82) is 0 Å². The summed E-state index contributed by atoms with van der Waals surface area (Å²) in [7, 11) is 0. The second-order valence-corrected chi connectivity index (χ2v) is 4.43. The highest BCUT2D eigenvalue weighted by Gasteiger charge is 2.07. The zero-order valence-electron chi connectivity index (χ0n) is 8.18. The van der Waals surface area contributed by atoms with E-state index in [0.29, 0.717) is 0 Å². The molecule has 0 fully saturated rings. The number of nitrogens with one attached hydrogen (secondary N) is 1. The lowest BCUT2D eigenvalue weighted by Crippen LogP contribution is -2.09. The molecule has 2 nitrogen and oxygen atoms in total. The van der Waals surface area contributed by atoms with Gasteiger partial charge in [-0.2, -0.15) is 0 Å². The van der Waals surface area contributed by atoms with Crippen molar-refractivity contribution in [2.75, 3.05) is 11.9 Å². The van der Waals surface area contributed by atoms with Crippen LogP contribution in [-0.4, -0.2) is 12.4 Å². The molecule has 0 aromatic heterocycles. The van der Waals surface area contributed by atoms with Crippen molar-refractivity contribution in [2.24, 2.45) is 4.99 Å². The number of rotatable bonds is 1. The van der Waals surface area contributed by atoms with Gasteiger partial charge in [-0.25, -0.2) is 0 Å². The summed E-state index contributed by atoms with van der Waals surface area (Å²) in [5.74, 6) is 1.12. The van der Waals surface area contributed by atoms with Gasteiger partial charge in [-0.1, -0.05) is 15.9 Å². The van der Waals surface area contributed by atoms with Crippen LogP contribution in [0.2, 0.25) is 0 Å². The number of hydrogen-bond acceptors (Lipinski definition) is 2. The molecule has 3 heteroatoms. The lowest BCUT2D eigenvalue weighted by molar-refractivity contribution is 0.951. The number of nitrogens with zero attached hydrogens (tertiary/aromatic N) is 1. The van der Waals surface area contributed by atoms with Gasteiger partial charge in [-0.3, -0.25) is 4.99 Å². The van der Waals surface area contributed by atoms with Crippen LogP contribution in [0, 0.1) is 6.92 Å². The number of hydrogen-bond donors (Lipinski definition) is 1. The van der Waals surface area contributed by atoms with Crippen molar-refractivity contribution in [1.82, 2.24) is 0 Å². The van der Waals surface area contributed by atoms with Crippen LogP contribution in [0.3, 0.4) is 0 Å². The lowest BCUT2D eigenvalue weighted by atomic mass is 10.2. The van der Waals surface area contributed by atoms with Gasteiger partial charge in [0.2, 0.25) is 0 Å². The number of anilines is 1. The predicted octanol–water partition coefficient (Wildman–Crippen LogP) is 3.36. The molecule has 1 aromatic carbocycles. The van der Waals surface area contributed by atoms with Crippen molar-refractivity contribution >= 4 is 27.5 Å². The van der Waals surface area contributed by atoms with Gasteiger partial charge in [0.1, 0.15) is 5.84 Å². The average molecular weight is 253 g/mol. The highest BCUT2D eigenvalue weighted by molar-refractivity contribution is 9.10. The smallest absolute Gasteiger partial charge is 0.101 e. The standard InChI is InChI=1S/C11H13BrN2/c1-8-7-9(12)4-5-10(8)14-11-3-2-6-13-11/h4-5,7H,2-3,6H2,1H3,(H,13,14). The van der Waals surface area contributed by atoms with E-state index in [4.69, 9.17) is 0 Å². The molecule has 2 rings (SSSR count). The van der Waals surface area contributed by atoms with E-state index < -0.39 is 0 Å². The molecule has 0 bridgehead atoms. The SMILES string of the molecule is Cc1cc(Br)ccc1NC1=NCCC1. The summed E-state index contributed by atoms with van der Waals surface area (Å²) in [6.07, 6.45) is 2.26. The summed E-state index contributed by atoms with van der Waals surface area (Å²) in [6, 6.07) is 6.24. The summed E-state index contributed by atoms with van der Waals surface area (Å²) in [5, 5.41) is 3.37. The zero-order chi connectivity index (χ0) is 9.97. The normalized spacial score (nSPS) is 15.4. The molecule has 74 valence electrons. The first-order valence-electron chi connectivity index (χ1n) is 4.82. The minimum Gasteiger partial charge on any atom is -0.344 e. The molecule has 1 aliphatic rings. The van der Waals surface area contributed by atoms with Crippen LogP contribution in [0.15, 0.2) is 27.7 Å². The zero-order valence-corrected chi connectivity index (χ0v) is 9.76. The fourth-order valence-corrected chi connectivity index (χ4v) is 2.04. The lowest BCUT2D eigenvalue weighted by Gasteiger charge is -2.09. The second kappa shape index (κ2) is 4.13. The fraction of sp³-hybridized carbons (Fsp3) is 0.364. The molecule has 1 aromatic rings. The van der Waals surface area contributed by atoms with E-state index in [1.807, 2.05) is 6.07 Å². The highest BCUT2D eigenvalue weighted by Crippen LogP contribution is 2.21. The van der Waals surface area contributed by atoms with E-state index in [9.17, 15) is 0 Å². The van der Waals surface area contributed by atoms with Crippen molar-refractivity contribution < 1.29 is 0 Å². The Morgan fingerprint density at radius 1 is 1.43 bits per heavy atom. The van der Waals surface area contributed by atoms with Crippen molar-refractivity contribution in [2.45, 2.75) is 19.8 Å². The van der Waals surface area contributed by atoms with Gasteiger partial charge in [0, 0.05) is 23.1 Å². The van der Waals surface area contributed by atoms with Crippen LogP contribution in [0.4, 0.5) is 5.69 Å². The highest BCUT2D eigenvalue weighted by atomic mass is 79.9. The molecule has 0 saturated heterocycles. The van der Waals surface area contributed by atoms with Crippen molar-refractivity contribution in [3.05, 3.63) is 28.2 Å². The molecule has 0 saturated carbocycles. The summed E-state index contributed by atoms with van der Waals surface area (Å²) >= 11 is 3.45. The second-order valence-electron chi connectivity index (χ2n) is 3.52. The Kier molecular flexibility index (Phi) is 2.87. The molecule has 0 radical (unpaired) electrons. The largest absolute Gasteiger partial charge is 0.344 e. The van der Waals surface area contributed by atoms with Crippen LogP contribution in [0.5, 0.6) is 0 Å². The molecular formula is C11H13BrN2. The number of aryl methyl sites for hydroxylation is 1. The Morgan fingerprint density at radius 2 is 2.29 bits per heavy atom. The Bertz CT molecular complexity index is 372. The van der Waals surface area contributed by atoms with Gasteiger partial charge in [0.15, 0.2) is 0 Å². The first-order chi connectivity index (χ1) is 6.75. The number of benzene rings is 1. The number of aliphatic imine (C=N–C) groups is 1. The van der Waals surface area contributed by atoms with Crippen LogP contribution in [0.25, 0.3) is 0 Å². The minimum absolute atomic E-state index is 0.970. The van der Waals surface area contributed by atoms with Gasteiger partial charge in [-0.15, -0.1) is 0 Å². The van der Waals surface area contributed by atoms with Gasteiger partial charge in [-0.05, 0) is 37.1 Å². The summed E-state index contributed by atoms with van der Waals surface area (Å²) < 4.78 is 1.12. The quantitative estimate of drug-likeness (QED) is 0.815. The minimum atomic E-state index is 0.970. The Labute approximate surface area is 92.6 Å². The summed E-state index contributed by atoms with van der Waals surface area (Å²) in [6.45, 7) is 3.07. The molecule has 1 heterocycles. The maximum absolute atomic E-state index is 4.39. The topological polar surface area (TPSA) is 24.4 Å². The van der Waals surface area contributed by atoms with E-state index in [1.165, 1.54) is 12.0 Å².